The van der Waals surface area contributed by atoms with Crippen LogP contribution in [0.3, 0.4) is 0 Å². The molecule has 3 aromatic carbocycles. The molecule has 8 nitrogen and oxygen atoms in total. The van der Waals surface area contributed by atoms with Crippen molar-refractivity contribution in [1.29, 1.82) is 0 Å². The number of carbonyl (C=O) groups is 2. The van der Waals surface area contributed by atoms with Crippen molar-refractivity contribution in [1.82, 2.24) is 10.2 Å². The molecule has 3 rings (SSSR count). The minimum atomic E-state index is -4.13. The lowest BCUT2D eigenvalue weighted by atomic mass is 10.1. The van der Waals surface area contributed by atoms with E-state index in [0.29, 0.717) is 10.8 Å². The summed E-state index contributed by atoms with van der Waals surface area (Å²) in [6, 6.07) is 18.8. The molecule has 0 radical (unpaired) electrons. The molecule has 0 aliphatic heterocycles. The number of halogens is 1. The lowest BCUT2D eigenvalue weighted by Gasteiger charge is -2.31. The molecule has 0 aliphatic carbocycles. The smallest absolute Gasteiger partial charge is 0.264 e. The van der Waals surface area contributed by atoms with Crippen LogP contribution in [0.4, 0.5) is 5.69 Å². The average molecular weight is 544 g/mol. The summed E-state index contributed by atoms with van der Waals surface area (Å²) in [6.45, 7) is 3.00. The summed E-state index contributed by atoms with van der Waals surface area (Å²) < 4.78 is 33.7. The van der Waals surface area contributed by atoms with Gasteiger partial charge in [0.15, 0.2) is 0 Å². The van der Waals surface area contributed by atoms with Gasteiger partial charge in [-0.25, -0.2) is 8.42 Å². The Morgan fingerprint density at radius 3 is 2.27 bits per heavy atom. The largest absolute Gasteiger partial charge is 0.497 e. The molecule has 1 atom stereocenters. The maximum atomic E-state index is 13.7. The lowest BCUT2D eigenvalue weighted by Crippen LogP contribution is -2.50. The monoisotopic (exact) mass is 543 g/mol. The number of hydrogen-bond donors (Lipinski definition) is 1. The molecule has 0 saturated heterocycles. The van der Waals surface area contributed by atoms with Gasteiger partial charge < -0.3 is 15.0 Å². The lowest BCUT2D eigenvalue weighted by molar-refractivity contribution is -0.139. The van der Waals surface area contributed by atoms with Gasteiger partial charge in [0.1, 0.15) is 18.3 Å². The van der Waals surface area contributed by atoms with Crippen LogP contribution in [0, 0.1) is 6.92 Å². The molecule has 0 aromatic heterocycles. The molecular weight excluding hydrogens is 514 g/mol. The molecule has 10 heteroatoms. The van der Waals surface area contributed by atoms with Crippen LogP contribution in [0.25, 0.3) is 0 Å². The number of rotatable bonds is 10. The molecule has 0 aliphatic rings. The zero-order valence-corrected chi connectivity index (χ0v) is 22.7. The summed E-state index contributed by atoms with van der Waals surface area (Å²) in [4.78, 5) is 27.7. The Labute approximate surface area is 222 Å². The summed E-state index contributed by atoms with van der Waals surface area (Å²) in [5, 5.41) is 2.98. The highest BCUT2D eigenvalue weighted by molar-refractivity contribution is 7.92. The van der Waals surface area contributed by atoms with Crippen LogP contribution in [0.2, 0.25) is 5.02 Å². The normalized spacial score (nSPS) is 11.9. The molecule has 2 amide bonds. The molecule has 0 heterocycles. The summed E-state index contributed by atoms with van der Waals surface area (Å²) in [5.74, 6) is -0.331. The Balaban J connectivity index is 2.02. The fraction of sp³-hybridized carbons (Fsp3) is 0.259. The fourth-order valence-electron chi connectivity index (χ4n) is 3.73. The molecule has 3 aromatic rings. The van der Waals surface area contributed by atoms with E-state index in [1.54, 1.807) is 55.5 Å². The first kappa shape index (κ1) is 28.0. The summed E-state index contributed by atoms with van der Waals surface area (Å²) in [5.41, 5.74) is 1.90. The van der Waals surface area contributed by atoms with Gasteiger partial charge in [-0.2, -0.15) is 0 Å². The van der Waals surface area contributed by atoms with Crippen LogP contribution in [-0.4, -0.2) is 51.9 Å². The Bertz CT molecular complexity index is 1350. The van der Waals surface area contributed by atoms with Crippen LogP contribution < -0.4 is 14.4 Å². The molecule has 1 unspecified atom stereocenters. The Hall–Kier alpha value is -3.56. The third-order valence-corrected chi connectivity index (χ3v) is 7.94. The van der Waals surface area contributed by atoms with Gasteiger partial charge in [-0.15, -0.1) is 0 Å². The van der Waals surface area contributed by atoms with Gasteiger partial charge >= 0.3 is 0 Å². The molecule has 0 bridgehead atoms. The number of carbonyl (C=O) groups excluding carboxylic acids is 2. The number of anilines is 1. The zero-order chi connectivity index (χ0) is 27.2. The molecule has 0 fully saturated rings. The second-order valence-electron chi connectivity index (χ2n) is 8.46. The van der Waals surface area contributed by atoms with E-state index < -0.39 is 28.5 Å². The first-order chi connectivity index (χ1) is 17.6. The summed E-state index contributed by atoms with van der Waals surface area (Å²) >= 11 is 6.03. The van der Waals surface area contributed by atoms with Crippen LogP contribution in [0.15, 0.2) is 77.7 Å². The third-order valence-electron chi connectivity index (χ3n) is 5.90. The van der Waals surface area contributed by atoms with Gasteiger partial charge in [-0.1, -0.05) is 41.4 Å². The van der Waals surface area contributed by atoms with E-state index in [0.717, 1.165) is 15.4 Å². The Kier molecular flexibility index (Phi) is 9.18. The van der Waals surface area contributed by atoms with E-state index in [2.05, 4.69) is 5.32 Å². The SMILES string of the molecule is CNC(=O)C(C)N(Cc1cccc(OC)c1)C(=O)CN(c1ccc(Cl)cc1)S(=O)(=O)c1ccc(C)cc1. The predicted octanol–water partition coefficient (Wildman–Crippen LogP) is 4.02. The third kappa shape index (κ3) is 6.81. The molecule has 37 heavy (non-hydrogen) atoms. The number of aryl methyl sites for hydroxylation is 1. The summed E-state index contributed by atoms with van der Waals surface area (Å²) in [6.07, 6.45) is 0. The maximum Gasteiger partial charge on any atom is 0.264 e. The number of methoxy groups -OCH3 is 1. The molecular formula is C27H30ClN3O5S. The van der Waals surface area contributed by atoms with E-state index in [1.165, 1.54) is 43.3 Å². The van der Waals surface area contributed by atoms with Gasteiger partial charge in [0, 0.05) is 18.6 Å². The minimum absolute atomic E-state index is 0.0412. The van der Waals surface area contributed by atoms with Gasteiger partial charge in [-0.3, -0.25) is 13.9 Å². The number of sulfonamides is 1. The van der Waals surface area contributed by atoms with Crippen LogP contribution in [0.1, 0.15) is 18.1 Å². The minimum Gasteiger partial charge on any atom is -0.497 e. The van der Waals surface area contributed by atoms with Gasteiger partial charge in [0.25, 0.3) is 10.0 Å². The van der Waals surface area contributed by atoms with E-state index >= 15 is 0 Å². The maximum absolute atomic E-state index is 13.7. The number of likely N-dealkylation sites (N-methyl/N-ethyl adjacent to an activating group) is 1. The van der Waals surface area contributed by atoms with E-state index in [4.69, 9.17) is 16.3 Å². The molecule has 1 N–H and O–H groups in total. The highest BCUT2D eigenvalue weighted by atomic mass is 35.5. The highest BCUT2D eigenvalue weighted by Gasteiger charge is 2.32. The Morgan fingerprint density at radius 2 is 1.68 bits per heavy atom. The zero-order valence-electron chi connectivity index (χ0n) is 21.1. The number of ether oxygens (including phenoxy) is 1. The van der Waals surface area contributed by atoms with Crippen molar-refractivity contribution in [3.63, 3.8) is 0 Å². The van der Waals surface area contributed by atoms with Crippen LogP contribution in [-0.2, 0) is 26.2 Å². The quantitative estimate of drug-likeness (QED) is 0.417. The topological polar surface area (TPSA) is 96.0 Å². The second kappa shape index (κ2) is 12.1. The Morgan fingerprint density at radius 1 is 1.03 bits per heavy atom. The van der Waals surface area contributed by atoms with E-state index in [-0.39, 0.29) is 23.0 Å². The highest BCUT2D eigenvalue weighted by Crippen LogP contribution is 2.26. The van der Waals surface area contributed by atoms with Crippen molar-refractivity contribution in [3.8, 4) is 5.75 Å². The van der Waals surface area contributed by atoms with E-state index in [9.17, 15) is 18.0 Å². The van der Waals surface area contributed by atoms with Crippen LogP contribution in [0.5, 0.6) is 5.75 Å². The fourth-order valence-corrected chi connectivity index (χ4v) is 5.27. The van der Waals surface area contributed by atoms with Crippen LogP contribution >= 0.6 is 11.6 Å². The number of nitrogens with zero attached hydrogens (tertiary/aromatic N) is 2. The van der Waals surface area contributed by atoms with E-state index in [1.807, 2.05) is 6.92 Å². The van der Waals surface area contributed by atoms with Crippen molar-refractivity contribution < 1.29 is 22.7 Å². The van der Waals surface area contributed by atoms with Crippen molar-refractivity contribution in [2.75, 3.05) is 25.0 Å². The number of amides is 2. The molecule has 196 valence electrons. The van der Waals surface area contributed by atoms with Crippen molar-refractivity contribution >= 4 is 39.1 Å². The van der Waals surface area contributed by atoms with Crippen molar-refractivity contribution in [3.05, 3.63) is 88.9 Å². The predicted molar refractivity (Wildman–Crippen MR) is 144 cm³/mol. The molecule has 0 saturated carbocycles. The van der Waals surface area contributed by atoms with Gasteiger partial charge in [-0.05, 0) is 67.9 Å². The average Bonchev–Trinajstić information content (AvgIpc) is 2.90. The second-order valence-corrected chi connectivity index (χ2v) is 10.8. The van der Waals surface area contributed by atoms with Crippen molar-refractivity contribution in [2.24, 2.45) is 0 Å². The first-order valence-corrected chi connectivity index (χ1v) is 13.4. The van der Waals surface area contributed by atoms with Gasteiger partial charge in [0.2, 0.25) is 11.8 Å². The standard InChI is InChI=1S/C27H30ClN3O5S/c1-19-8-14-25(15-9-19)37(34,35)31(23-12-10-22(28)11-13-23)18-26(32)30(20(2)27(33)29-3)17-21-6-5-7-24(16-21)36-4/h5-16,20H,17-18H2,1-4H3,(H,29,33). The van der Waals surface area contributed by atoms with Crippen molar-refractivity contribution in [2.45, 2.75) is 31.3 Å². The first-order valence-electron chi connectivity index (χ1n) is 11.6. The summed E-state index contributed by atoms with van der Waals surface area (Å²) in [7, 11) is -1.11. The van der Waals surface area contributed by atoms with Gasteiger partial charge in [0.05, 0.1) is 17.7 Å². The molecule has 0 spiro atoms. The number of benzene rings is 3. The number of nitrogens with one attached hydrogen (secondary N) is 1. The number of hydrogen-bond acceptors (Lipinski definition) is 5.